The van der Waals surface area contributed by atoms with Crippen LogP contribution in [0.25, 0.3) is 0 Å². The molecule has 4 rings (SSSR count). The molecule has 2 amide bonds. The summed E-state index contributed by atoms with van der Waals surface area (Å²) in [5.41, 5.74) is 1.56. The van der Waals surface area contributed by atoms with Gasteiger partial charge in [-0.1, -0.05) is 0 Å². The maximum Gasteiger partial charge on any atom is 0.321 e. The Balaban J connectivity index is 1.43. The maximum absolute atomic E-state index is 13.0. The highest BCUT2D eigenvalue weighted by Gasteiger charge is 2.32. The van der Waals surface area contributed by atoms with Crippen LogP contribution in [0.3, 0.4) is 0 Å². The van der Waals surface area contributed by atoms with Gasteiger partial charge in [-0.05, 0) is 32.4 Å². The number of H-pyrrole nitrogens is 1. The number of fused-ring (bicyclic) bond motifs is 1. The Morgan fingerprint density at radius 1 is 1.14 bits per heavy atom. The Morgan fingerprint density at radius 3 is 2.69 bits per heavy atom. The minimum atomic E-state index is -3.67. The van der Waals surface area contributed by atoms with E-state index in [9.17, 15) is 13.2 Å². The second kappa shape index (κ2) is 7.56. The molecule has 29 heavy (non-hydrogen) atoms. The molecule has 1 aromatic carbocycles. The average Bonchev–Trinajstić information content (AvgIpc) is 3.18. The summed E-state index contributed by atoms with van der Waals surface area (Å²) in [4.78, 5) is 14.5. The van der Waals surface area contributed by atoms with Gasteiger partial charge in [-0.25, -0.2) is 13.2 Å². The van der Waals surface area contributed by atoms with E-state index in [1.165, 1.54) is 4.31 Å². The first-order valence-corrected chi connectivity index (χ1v) is 10.8. The van der Waals surface area contributed by atoms with Gasteiger partial charge in [-0.3, -0.25) is 5.10 Å². The molecule has 156 valence electrons. The lowest BCUT2D eigenvalue weighted by Crippen LogP contribution is -2.39. The van der Waals surface area contributed by atoms with Gasteiger partial charge in [0.1, 0.15) is 4.90 Å². The molecule has 11 heteroatoms. The van der Waals surface area contributed by atoms with E-state index in [-0.39, 0.29) is 24.3 Å². The fraction of sp³-hybridized carbons (Fsp3) is 0.444. The van der Waals surface area contributed by atoms with Gasteiger partial charge >= 0.3 is 6.03 Å². The van der Waals surface area contributed by atoms with Gasteiger partial charge < -0.3 is 19.7 Å². The van der Waals surface area contributed by atoms with Crippen molar-refractivity contribution in [3.8, 4) is 11.5 Å². The number of aromatic amines is 1. The van der Waals surface area contributed by atoms with Crippen LogP contribution in [0, 0.1) is 13.8 Å². The Hall–Kier alpha value is -2.79. The predicted octanol–water partition coefficient (Wildman–Crippen LogP) is 1.68. The zero-order chi connectivity index (χ0) is 20.6. The fourth-order valence-electron chi connectivity index (χ4n) is 3.56. The zero-order valence-corrected chi connectivity index (χ0v) is 17.1. The van der Waals surface area contributed by atoms with Crippen LogP contribution in [0.1, 0.15) is 17.8 Å². The topological polar surface area (TPSA) is 117 Å². The van der Waals surface area contributed by atoms with Crippen LogP contribution in [0.15, 0.2) is 23.1 Å². The molecule has 1 fully saturated rings. The fourth-order valence-corrected chi connectivity index (χ4v) is 5.37. The number of hydrogen-bond donors (Lipinski definition) is 2. The third kappa shape index (κ3) is 3.75. The first-order valence-electron chi connectivity index (χ1n) is 9.33. The summed E-state index contributed by atoms with van der Waals surface area (Å²) in [6.45, 7) is 4.85. The summed E-state index contributed by atoms with van der Waals surface area (Å²) < 4.78 is 38.1. The largest absolute Gasteiger partial charge is 0.454 e. The normalized spacial score (nSPS) is 17.2. The smallest absolute Gasteiger partial charge is 0.321 e. The number of rotatable bonds is 3. The Bertz CT molecular complexity index is 1020. The number of sulfonamides is 1. The van der Waals surface area contributed by atoms with E-state index >= 15 is 0 Å². The number of nitrogens with zero attached hydrogens (tertiary/aromatic N) is 3. The quantitative estimate of drug-likeness (QED) is 0.779. The van der Waals surface area contributed by atoms with Gasteiger partial charge in [-0.15, -0.1) is 0 Å². The molecule has 10 nitrogen and oxygen atoms in total. The Labute approximate surface area is 168 Å². The predicted molar refractivity (Wildman–Crippen MR) is 105 cm³/mol. The van der Waals surface area contributed by atoms with Crippen LogP contribution in [-0.4, -0.2) is 66.8 Å². The summed E-state index contributed by atoms with van der Waals surface area (Å²) in [6.07, 6.45) is 0.545. The number of hydrogen-bond acceptors (Lipinski definition) is 6. The Kier molecular flexibility index (Phi) is 5.09. The molecule has 0 unspecified atom stereocenters. The summed E-state index contributed by atoms with van der Waals surface area (Å²) in [5, 5.41) is 9.55. The van der Waals surface area contributed by atoms with Gasteiger partial charge in [0.15, 0.2) is 11.5 Å². The number of benzene rings is 1. The van der Waals surface area contributed by atoms with Gasteiger partial charge in [0, 0.05) is 37.9 Å². The zero-order valence-electron chi connectivity index (χ0n) is 16.3. The average molecular weight is 421 g/mol. The molecule has 0 aliphatic carbocycles. The van der Waals surface area contributed by atoms with Crippen molar-refractivity contribution in [3.63, 3.8) is 0 Å². The molecule has 0 bridgehead atoms. The number of aryl methyl sites for hydroxylation is 2. The van der Waals surface area contributed by atoms with Crippen molar-refractivity contribution < 1.29 is 22.7 Å². The van der Waals surface area contributed by atoms with Gasteiger partial charge in [0.25, 0.3) is 0 Å². The first kappa shape index (κ1) is 19.5. The molecule has 0 spiro atoms. The SMILES string of the molecule is Cc1n[nH]c(C)c1S(=O)(=O)N1CCCN(C(=O)Nc2ccc3c(c2)OCO3)CC1. The molecule has 2 aliphatic rings. The molecule has 2 aromatic rings. The van der Waals surface area contributed by atoms with E-state index in [1.54, 1.807) is 36.9 Å². The highest BCUT2D eigenvalue weighted by molar-refractivity contribution is 7.89. The minimum Gasteiger partial charge on any atom is -0.454 e. The van der Waals surface area contributed by atoms with Crippen molar-refractivity contribution in [1.29, 1.82) is 0 Å². The number of amides is 2. The van der Waals surface area contributed by atoms with E-state index in [2.05, 4.69) is 15.5 Å². The standard InChI is InChI=1S/C18H23N5O5S/c1-12-17(13(2)21-20-12)29(25,26)23-7-3-6-22(8-9-23)18(24)19-14-4-5-15-16(10-14)28-11-27-15/h4-5,10H,3,6-9,11H2,1-2H3,(H,19,24)(H,20,21). The number of nitrogens with one attached hydrogen (secondary N) is 2. The van der Waals surface area contributed by atoms with Crippen molar-refractivity contribution in [3.05, 3.63) is 29.6 Å². The van der Waals surface area contributed by atoms with Crippen molar-refractivity contribution in [2.24, 2.45) is 0 Å². The van der Waals surface area contributed by atoms with Crippen LogP contribution < -0.4 is 14.8 Å². The molecule has 0 radical (unpaired) electrons. The van der Waals surface area contributed by atoms with Crippen molar-refractivity contribution in [2.45, 2.75) is 25.2 Å². The van der Waals surface area contributed by atoms with Crippen LogP contribution in [-0.2, 0) is 10.0 Å². The van der Waals surface area contributed by atoms with Crippen LogP contribution >= 0.6 is 0 Å². The van der Waals surface area contributed by atoms with Crippen LogP contribution in [0.5, 0.6) is 11.5 Å². The number of ether oxygens (including phenoxy) is 2. The van der Waals surface area contributed by atoms with Gasteiger partial charge in [0.05, 0.1) is 11.4 Å². The van der Waals surface area contributed by atoms with Gasteiger partial charge in [-0.2, -0.15) is 9.40 Å². The summed E-state index contributed by atoms with van der Waals surface area (Å²) in [6, 6.07) is 4.91. The number of urea groups is 1. The molecular formula is C18H23N5O5S. The second-order valence-corrected chi connectivity index (χ2v) is 8.88. The minimum absolute atomic E-state index is 0.165. The van der Waals surface area contributed by atoms with E-state index in [4.69, 9.17) is 9.47 Å². The van der Waals surface area contributed by atoms with Crippen molar-refractivity contribution in [2.75, 3.05) is 38.3 Å². The van der Waals surface area contributed by atoms with Crippen LogP contribution in [0.4, 0.5) is 10.5 Å². The summed E-state index contributed by atoms with van der Waals surface area (Å²) in [7, 11) is -3.67. The number of anilines is 1. The monoisotopic (exact) mass is 421 g/mol. The van der Waals surface area contributed by atoms with E-state index < -0.39 is 10.0 Å². The van der Waals surface area contributed by atoms with Crippen LogP contribution in [0.2, 0.25) is 0 Å². The highest BCUT2D eigenvalue weighted by atomic mass is 32.2. The third-order valence-corrected chi connectivity index (χ3v) is 7.19. The molecule has 0 saturated carbocycles. The number of carbonyl (C=O) groups is 1. The summed E-state index contributed by atoms with van der Waals surface area (Å²) in [5.74, 6) is 1.23. The van der Waals surface area contributed by atoms with Gasteiger partial charge in [0.2, 0.25) is 16.8 Å². The summed E-state index contributed by atoms with van der Waals surface area (Å²) >= 11 is 0. The number of aromatic nitrogens is 2. The molecule has 0 atom stereocenters. The number of carbonyl (C=O) groups excluding carboxylic acids is 1. The third-order valence-electron chi connectivity index (χ3n) is 5.02. The molecule has 2 N–H and O–H groups in total. The van der Waals surface area contributed by atoms with E-state index in [1.807, 2.05) is 0 Å². The second-order valence-electron chi connectivity index (χ2n) is 7.01. The maximum atomic E-state index is 13.0. The van der Waals surface area contributed by atoms with E-state index in [0.717, 1.165) is 0 Å². The lowest BCUT2D eigenvalue weighted by atomic mass is 10.3. The highest BCUT2D eigenvalue weighted by Crippen LogP contribution is 2.34. The molecular weight excluding hydrogens is 398 g/mol. The molecule has 1 aromatic heterocycles. The lowest BCUT2D eigenvalue weighted by molar-refractivity contribution is 0.174. The van der Waals surface area contributed by atoms with Crippen molar-refractivity contribution in [1.82, 2.24) is 19.4 Å². The van der Waals surface area contributed by atoms with E-state index in [0.29, 0.717) is 54.6 Å². The molecule has 2 aliphatic heterocycles. The first-order chi connectivity index (χ1) is 13.9. The molecule has 3 heterocycles. The Morgan fingerprint density at radius 2 is 1.93 bits per heavy atom. The molecule has 1 saturated heterocycles. The lowest BCUT2D eigenvalue weighted by Gasteiger charge is -2.22. The van der Waals surface area contributed by atoms with Crippen molar-refractivity contribution >= 4 is 21.7 Å².